The summed E-state index contributed by atoms with van der Waals surface area (Å²) in [7, 11) is 0. The number of nitriles is 1. The number of anilines is 1. The van der Waals surface area contributed by atoms with Crippen LogP contribution in [0.2, 0.25) is 0 Å². The zero-order valence-corrected chi connectivity index (χ0v) is 15.0. The Labute approximate surface area is 162 Å². The lowest BCUT2D eigenvalue weighted by atomic mass is 10.0. The highest BCUT2D eigenvalue weighted by Gasteiger charge is 2.35. The Bertz CT molecular complexity index is 924. The summed E-state index contributed by atoms with van der Waals surface area (Å²) in [5, 5.41) is 42.3. The van der Waals surface area contributed by atoms with E-state index in [0.29, 0.717) is 6.07 Å². The van der Waals surface area contributed by atoms with E-state index < -0.39 is 40.7 Å². The van der Waals surface area contributed by atoms with E-state index >= 15 is 0 Å². The van der Waals surface area contributed by atoms with Crippen LogP contribution in [0.4, 0.5) is 24.5 Å². The molecule has 8 nitrogen and oxygen atoms in total. The third kappa shape index (κ3) is 5.56. The van der Waals surface area contributed by atoms with Gasteiger partial charge in [0.25, 0.3) is 5.69 Å². The molecule has 0 saturated carbocycles. The number of hydrogen-bond donors (Lipinski definition) is 3. The number of hydrogen-bond acceptors (Lipinski definition) is 7. The van der Waals surface area contributed by atoms with Crippen LogP contribution in [0.1, 0.15) is 18.1 Å². The highest BCUT2D eigenvalue weighted by Crippen LogP contribution is 2.34. The molecule has 29 heavy (non-hydrogen) atoms. The first-order valence-electron chi connectivity index (χ1n) is 8.09. The van der Waals surface area contributed by atoms with Crippen LogP contribution in [0.5, 0.6) is 5.75 Å². The molecule has 0 saturated heterocycles. The number of non-ortho nitro benzene ring substituents is 1. The van der Waals surface area contributed by atoms with Gasteiger partial charge in [0, 0.05) is 17.8 Å². The molecule has 2 aromatic carbocycles. The normalized spacial score (nSPS) is 14.4. The Balaban J connectivity index is 2.08. The summed E-state index contributed by atoms with van der Waals surface area (Å²) >= 11 is 0. The molecule has 0 bridgehead atoms. The molecule has 0 aliphatic carbocycles. The number of alkyl halides is 3. The summed E-state index contributed by atoms with van der Waals surface area (Å²) in [4.78, 5) is 10.0. The van der Waals surface area contributed by atoms with Gasteiger partial charge in [-0.3, -0.25) is 10.1 Å². The minimum atomic E-state index is -4.77. The minimum absolute atomic E-state index is 0.160. The predicted molar refractivity (Wildman–Crippen MR) is 95.0 cm³/mol. The molecule has 0 aliphatic heterocycles. The molecule has 0 fully saturated rings. The fourth-order valence-corrected chi connectivity index (χ4v) is 2.25. The molecule has 1 unspecified atom stereocenters. The van der Waals surface area contributed by atoms with E-state index in [1.165, 1.54) is 37.3 Å². The van der Waals surface area contributed by atoms with Gasteiger partial charge in [-0.2, -0.15) is 18.4 Å². The van der Waals surface area contributed by atoms with Crippen molar-refractivity contribution >= 4 is 11.4 Å². The fourth-order valence-electron chi connectivity index (χ4n) is 2.25. The summed E-state index contributed by atoms with van der Waals surface area (Å²) in [5.41, 5.74) is -4.02. The number of rotatable bonds is 7. The van der Waals surface area contributed by atoms with Gasteiger partial charge in [-0.1, -0.05) is 0 Å². The van der Waals surface area contributed by atoms with Crippen molar-refractivity contribution in [2.75, 3.05) is 11.9 Å². The van der Waals surface area contributed by atoms with Gasteiger partial charge in [0.05, 0.1) is 22.1 Å². The molecule has 0 aromatic heterocycles. The lowest BCUT2D eigenvalue weighted by Gasteiger charge is -2.30. The summed E-state index contributed by atoms with van der Waals surface area (Å²) in [6.07, 6.45) is -6.50. The zero-order chi connectivity index (χ0) is 21.8. The van der Waals surface area contributed by atoms with Crippen LogP contribution in [-0.4, -0.2) is 33.6 Å². The Morgan fingerprint density at radius 3 is 2.41 bits per heavy atom. The van der Waals surface area contributed by atoms with Gasteiger partial charge in [0.15, 0.2) is 6.23 Å². The standard InChI is InChI=1S/C18H16F3N3O5/c1-17(26,10-29-14-6-4-13(5-7-14)24(27)28)16(25)23-12-3-2-11(9-22)15(8-12)18(19,20)21/h2-8,16,23,25-26H,10H2,1H3/t16-,17?/m1/s1. The van der Waals surface area contributed by atoms with Gasteiger partial charge in [-0.05, 0) is 37.3 Å². The van der Waals surface area contributed by atoms with E-state index in [9.17, 15) is 33.5 Å². The van der Waals surface area contributed by atoms with Crippen LogP contribution in [0.3, 0.4) is 0 Å². The highest BCUT2D eigenvalue weighted by atomic mass is 19.4. The number of ether oxygens (including phenoxy) is 1. The molecular weight excluding hydrogens is 395 g/mol. The number of aliphatic hydroxyl groups excluding tert-OH is 1. The second kappa shape index (κ2) is 8.34. The summed E-state index contributed by atoms with van der Waals surface area (Å²) in [6.45, 7) is 0.714. The lowest BCUT2D eigenvalue weighted by Crippen LogP contribution is -2.48. The predicted octanol–water partition coefficient (Wildman–Crippen LogP) is 3.05. The van der Waals surface area contributed by atoms with Gasteiger partial charge in [0.1, 0.15) is 18.0 Å². The Morgan fingerprint density at radius 2 is 1.90 bits per heavy atom. The molecule has 0 amide bonds. The first-order chi connectivity index (χ1) is 13.4. The zero-order valence-electron chi connectivity index (χ0n) is 15.0. The van der Waals surface area contributed by atoms with Crippen LogP contribution in [0, 0.1) is 21.4 Å². The van der Waals surface area contributed by atoms with Crippen molar-refractivity contribution < 1.29 is 33.0 Å². The number of halogens is 3. The number of nitrogens with zero attached hydrogens (tertiary/aromatic N) is 2. The molecule has 3 N–H and O–H groups in total. The minimum Gasteiger partial charge on any atom is -0.490 e. The van der Waals surface area contributed by atoms with E-state index in [-0.39, 0.29) is 17.1 Å². The third-order valence-corrected chi connectivity index (χ3v) is 3.92. The van der Waals surface area contributed by atoms with Gasteiger partial charge >= 0.3 is 6.18 Å². The van der Waals surface area contributed by atoms with Crippen molar-refractivity contribution in [1.82, 2.24) is 0 Å². The van der Waals surface area contributed by atoms with E-state index in [0.717, 1.165) is 12.1 Å². The average Bonchev–Trinajstić information content (AvgIpc) is 2.66. The first-order valence-corrected chi connectivity index (χ1v) is 8.09. The SMILES string of the molecule is CC(O)(COc1ccc([N+](=O)[O-])cc1)[C@@H](O)Nc1ccc(C#N)c(C(F)(F)F)c1. The van der Waals surface area contributed by atoms with Crippen LogP contribution >= 0.6 is 0 Å². The lowest BCUT2D eigenvalue weighted by molar-refractivity contribution is -0.384. The maximum absolute atomic E-state index is 13.0. The molecule has 2 atom stereocenters. The summed E-state index contributed by atoms with van der Waals surface area (Å²) in [5.74, 6) is 0.181. The number of nitro groups is 1. The molecular formula is C18H16F3N3O5. The van der Waals surface area contributed by atoms with Gasteiger partial charge in [-0.15, -0.1) is 0 Å². The Kier molecular flexibility index (Phi) is 6.31. The first kappa shape index (κ1) is 21.9. The topological polar surface area (TPSA) is 129 Å². The van der Waals surface area contributed by atoms with Crippen LogP contribution in [0.15, 0.2) is 42.5 Å². The van der Waals surface area contributed by atoms with Crippen molar-refractivity contribution in [2.45, 2.75) is 24.9 Å². The number of aliphatic hydroxyl groups is 2. The quantitative estimate of drug-likeness (QED) is 0.363. The van der Waals surface area contributed by atoms with E-state index in [1.807, 2.05) is 0 Å². The fraction of sp³-hybridized carbons (Fsp3) is 0.278. The number of nitrogens with one attached hydrogen (secondary N) is 1. The van der Waals surface area contributed by atoms with Crippen LogP contribution in [0.25, 0.3) is 0 Å². The average molecular weight is 411 g/mol. The monoisotopic (exact) mass is 411 g/mol. The molecule has 11 heteroatoms. The van der Waals surface area contributed by atoms with Crippen molar-refractivity contribution in [3.05, 3.63) is 63.7 Å². The Morgan fingerprint density at radius 1 is 1.28 bits per heavy atom. The maximum Gasteiger partial charge on any atom is 0.417 e. The highest BCUT2D eigenvalue weighted by molar-refractivity contribution is 5.53. The van der Waals surface area contributed by atoms with E-state index in [4.69, 9.17) is 10.00 Å². The summed E-state index contributed by atoms with van der Waals surface area (Å²) in [6, 6.07) is 9.16. The molecule has 0 radical (unpaired) electrons. The van der Waals surface area contributed by atoms with E-state index in [1.54, 1.807) is 0 Å². The van der Waals surface area contributed by atoms with Crippen molar-refractivity contribution in [2.24, 2.45) is 0 Å². The van der Waals surface area contributed by atoms with Crippen LogP contribution in [-0.2, 0) is 6.18 Å². The molecule has 0 aliphatic rings. The van der Waals surface area contributed by atoms with Gasteiger partial charge in [-0.25, -0.2) is 0 Å². The second-order valence-corrected chi connectivity index (χ2v) is 6.31. The summed E-state index contributed by atoms with van der Waals surface area (Å²) < 4.78 is 44.3. The molecule has 0 spiro atoms. The van der Waals surface area contributed by atoms with Crippen molar-refractivity contribution in [3.63, 3.8) is 0 Å². The maximum atomic E-state index is 13.0. The largest absolute Gasteiger partial charge is 0.490 e. The van der Waals surface area contributed by atoms with E-state index in [2.05, 4.69) is 5.32 Å². The molecule has 154 valence electrons. The molecule has 2 rings (SSSR count). The second-order valence-electron chi connectivity index (χ2n) is 6.31. The van der Waals surface area contributed by atoms with Crippen molar-refractivity contribution in [1.29, 1.82) is 5.26 Å². The van der Waals surface area contributed by atoms with Gasteiger partial charge in [0.2, 0.25) is 0 Å². The number of benzene rings is 2. The smallest absolute Gasteiger partial charge is 0.417 e. The van der Waals surface area contributed by atoms with Crippen LogP contribution < -0.4 is 10.1 Å². The molecule has 2 aromatic rings. The molecule has 0 heterocycles. The van der Waals surface area contributed by atoms with Crippen molar-refractivity contribution in [3.8, 4) is 11.8 Å². The third-order valence-electron chi connectivity index (χ3n) is 3.92. The number of nitro benzene ring substituents is 1. The Hall–Kier alpha value is -3.36. The van der Waals surface area contributed by atoms with Gasteiger partial charge < -0.3 is 20.3 Å².